The highest BCUT2D eigenvalue weighted by atomic mass is 32.2. The number of thioether (sulfide) groups is 1. The van der Waals surface area contributed by atoms with Crippen molar-refractivity contribution in [3.8, 4) is 0 Å². The molecule has 1 nitrogen and oxygen atoms in total. The maximum Gasteiger partial charge on any atom is -0.0000326 e. The largest absolute Gasteiger partial charge is 0.316 e. The summed E-state index contributed by atoms with van der Waals surface area (Å²) in [6, 6.07) is 0. The topological polar surface area (TPSA) is 12.0 Å². The molecule has 1 saturated carbocycles. The van der Waals surface area contributed by atoms with Crippen LogP contribution < -0.4 is 5.32 Å². The Morgan fingerprint density at radius 3 is 2.30 bits per heavy atom. The Balaban J connectivity index is 1.46. The minimum absolute atomic E-state index is 1.00. The maximum absolute atomic E-state index is 3.30. The summed E-state index contributed by atoms with van der Waals surface area (Å²) < 4.78 is 0. The molecule has 2 aliphatic rings. The van der Waals surface area contributed by atoms with Crippen LogP contribution in [0.4, 0.5) is 0 Å². The summed E-state index contributed by atoms with van der Waals surface area (Å²) in [5.41, 5.74) is 0. The second kappa shape index (κ2) is 3.14. The van der Waals surface area contributed by atoms with Gasteiger partial charge in [0.25, 0.3) is 0 Å². The molecule has 2 rings (SSSR count). The fraction of sp³-hybridized carbons (Fsp3) is 1.00. The summed E-state index contributed by atoms with van der Waals surface area (Å²) in [5, 5.41) is 3.30. The van der Waals surface area contributed by atoms with Crippen LogP contribution in [0.3, 0.4) is 0 Å². The Morgan fingerprint density at radius 1 is 1.10 bits per heavy atom. The third-order valence-corrected chi connectivity index (χ3v) is 3.68. The Labute approximate surface area is 67.0 Å². The summed E-state index contributed by atoms with van der Waals surface area (Å²) in [4.78, 5) is 0. The molecule has 0 aromatic heterocycles. The SMILES string of the molecule is C1CC1CSCC1CNC1. The van der Waals surface area contributed by atoms with Crippen molar-refractivity contribution < 1.29 is 0 Å². The second-order valence-electron chi connectivity index (χ2n) is 3.51. The van der Waals surface area contributed by atoms with Crippen molar-refractivity contribution in [3.05, 3.63) is 0 Å². The van der Waals surface area contributed by atoms with Crippen molar-refractivity contribution in [1.29, 1.82) is 0 Å². The zero-order chi connectivity index (χ0) is 6.81. The molecule has 1 heterocycles. The van der Waals surface area contributed by atoms with Gasteiger partial charge in [-0.05, 0) is 49.3 Å². The molecule has 0 spiro atoms. The van der Waals surface area contributed by atoms with E-state index < -0.39 is 0 Å². The molecular weight excluding hydrogens is 142 g/mol. The van der Waals surface area contributed by atoms with Crippen molar-refractivity contribution in [1.82, 2.24) is 5.32 Å². The fourth-order valence-electron chi connectivity index (χ4n) is 1.15. The molecule has 1 saturated heterocycles. The molecule has 0 aromatic carbocycles. The van der Waals surface area contributed by atoms with E-state index in [0.717, 1.165) is 11.8 Å². The van der Waals surface area contributed by atoms with Crippen molar-refractivity contribution in [3.63, 3.8) is 0 Å². The van der Waals surface area contributed by atoms with E-state index in [1.54, 1.807) is 0 Å². The first-order valence-electron chi connectivity index (χ1n) is 4.23. The molecule has 58 valence electrons. The van der Waals surface area contributed by atoms with Gasteiger partial charge in [-0.15, -0.1) is 0 Å². The van der Waals surface area contributed by atoms with Gasteiger partial charge in [0.2, 0.25) is 0 Å². The van der Waals surface area contributed by atoms with Crippen molar-refractivity contribution in [2.24, 2.45) is 11.8 Å². The Hall–Kier alpha value is 0.310. The second-order valence-corrected chi connectivity index (χ2v) is 4.58. The van der Waals surface area contributed by atoms with Gasteiger partial charge in [-0.3, -0.25) is 0 Å². The molecule has 1 aliphatic carbocycles. The first-order valence-corrected chi connectivity index (χ1v) is 5.39. The van der Waals surface area contributed by atoms with Gasteiger partial charge in [-0.1, -0.05) is 0 Å². The van der Waals surface area contributed by atoms with E-state index in [0.29, 0.717) is 0 Å². The molecule has 0 radical (unpaired) electrons. The standard InChI is InChI=1S/C8H15NS/c1-2-7(1)5-10-6-8-3-9-4-8/h7-9H,1-6H2. The third-order valence-electron chi connectivity index (χ3n) is 2.27. The lowest BCUT2D eigenvalue weighted by Crippen LogP contribution is -2.43. The summed E-state index contributed by atoms with van der Waals surface area (Å²) in [6.07, 6.45) is 3.02. The fourth-order valence-corrected chi connectivity index (χ4v) is 2.52. The van der Waals surface area contributed by atoms with Crippen LogP contribution in [0.15, 0.2) is 0 Å². The van der Waals surface area contributed by atoms with Crippen molar-refractivity contribution >= 4 is 11.8 Å². The predicted octanol–water partition coefficient (Wildman–Crippen LogP) is 1.35. The Kier molecular flexibility index (Phi) is 2.19. The molecule has 0 bridgehead atoms. The van der Waals surface area contributed by atoms with E-state index in [-0.39, 0.29) is 0 Å². The first-order chi connectivity index (χ1) is 4.95. The van der Waals surface area contributed by atoms with Gasteiger partial charge in [-0.25, -0.2) is 0 Å². The predicted molar refractivity (Wildman–Crippen MR) is 46.4 cm³/mol. The Bertz CT molecular complexity index is 108. The molecule has 1 aliphatic heterocycles. The van der Waals surface area contributed by atoms with E-state index in [1.165, 1.54) is 37.4 Å². The smallest absolute Gasteiger partial charge is 0.0000326 e. The summed E-state index contributed by atoms with van der Waals surface area (Å²) in [5.74, 6) is 4.96. The zero-order valence-corrected chi connectivity index (χ0v) is 7.12. The average Bonchev–Trinajstić information content (AvgIpc) is 2.58. The lowest BCUT2D eigenvalue weighted by molar-refractivity contribution is 0.385. The average molecular weight is 157 g/mol. The molecule has 10 heavy (non-hydrogen) atoms. The minimum atomic E-state index is 1.00. The van der Waals surface area contributed by atoms with E-state index in [4.69, 9.17) is 0 Å². The normalized spacial score (nSPS) is 26.4. The van der Waals surface area contributed by atoms with Gasteiger partial charge in [-0.2, -0.15) is 11.8 Å². The van der Waals surface area contributed by atoms with E-state index in [2.05, 4.69) is 17.1 Å². The lowest BCUT2D eigenvalue weighted by Gasteiger charge is -2.26. The molecule has 2 heteroatoms. The van der Waals surface area contributed by atoms with Gasteiger partial charge >= 0.3 is 0 Å². The summed E-state index contributed by atoms with van der Waals surface area (Å²) in [7, 11) is 0. The lowest BCUT2D eigenvalue weighted by atomic mass is 10.1. The first kappa shape index (κ1) is 6.99. The van der Waals surface area contributed by atoms with E-state index >= 15 is 0 Å². The van der Waals surface area contributed by atoms with Gasteiger partial charge in [0.15, 0.2) is 0 Å². The van der Waals surface area contributed by atoms with Crippen LogP contribution in [0.1, 0.15) is 12.8 Å². The quantitative estimate of drug-likeness (QED) is 0.661. The molecule has 0 atom stereocenters. The van der Waals surface area contributed by atoms with Gasteiger partial charge < -0.3 is 5.32 Å². The van der Waals surface area contributed by atoms with Gasteiger partial charge in [0.05, 0.1) is 0 Å². The number of nitrogens with one attached hydrogen (secondary N) is 1. The highest BCUT2D eigenvalue weighted by molar-refractivity contribution is 7.99. The van der Waals surface area contributed by atoms with E-state index in [9.17, 15) is 0 Å². The van der Waals surface area contributed by atoms with Gasteiger partial charge in [0, 0.05) is 0 Å². The zero-order valence-electron chi connectivity index (χ0n) is 6.31. The van der Waals surface area contributed by atoms with E-state index in [1.807, 2.05) is 0 Å². The maximum atomic E-state index is 3.30. The number of rotatable bonds is 4. The molecule has 0 amide bonds. The van der Waals surface area contributed by atoms with Crippen LogP contribution in [0, 0.1) is 11.8 Å². The van der Waals surface area contributed by atoms with Crippen molar-refractivity contribution in [2.75, 3.05) is 24.6 Å². The monoisotopic (exact) mass is 157 g/mol. The highest BCUT2D eigenvalue weighted by Crippen LogP contribution is 2.32. The molecular formula is C8H15NS. The third kappa shape index (κ3) is 1.89. The highest BCUT2D eigenvalue weighted by Gasteiger charge is 2.22. The van der Waals surface area contributed by atoms with Crippen LogP contribution in [0.2, 0.25) is 0 Å². The van der Waals surface area contributed by atoms with Crippen LogP contribution in [-0.2, 0) is 0 Å². The van der Waals surface area contributed by atoms with Gasteiger partial charge in [0.1, 0.15) is 0 Å². The number of hydrogen-bond donors (Lipinski definition) is 1. The minimum Gasteiger partial charge on any atom is -0.316 e. The summed E-state index contributed by atoms with van der Waals surface area (Å²) >= 11 is 2.17. The Morgan fingerprint density at radius 2 is 1.80 bits per heavy atom. The molecule has 0 aromatic rings. The number of hydrogen-bond acceptors (Lipinski definition) is 2. The van der Waals surface area contributed by atoms with Crippen LogP contribution in [-0.4, -0.2) is 24.6 Å². The van der Waals surface area contributed by atoms with Crippen LogP contribution in [0.5, 0.6) is 0 Å². The molecule has 0 unspecified atom stereocenters. The molecule has 1 N–H and O–H groups in total. The van der Waals surface area contributed by atoms with Crippen LogP contribution >= 0.6 is 11.8 Å². The van der Waals surface area contributed by atoms with Crippen molar-refractivity contribution in [2.45, 2.75) is 12.8 Å². The van der Waals surface area contributed by atoms with Crippen LogP contribution in [0.25, 0.3) is 0 Å². The molecule has 2 fully saturated rings. The summed E-state index contributed by atoms with van der Waals surface area (Å²) in [6.45, 7) is 2.55.